The quantitative estimate of drug-likeness (QED) is 0.741. The van der Waals surface area contributed by atoms with Gasteiger partial charge in [0.15, 0.2) is 0 Å². The van der Waals surface area contributed by atoms with Crippen molar-refractivity contribution < 1.29 is 0 Å². The lowest BCUT2D eigenvalue weighted by Crippen LogP contribution is -2.46. The summed E-state index contributed by atoms with van der Waals surface area (Å²) in [5.41, 5.74) is 0.876. The van der Waals surface area contributed by atoms with Crippen molar-refractivity contribution in [1.29, 1.82) is 0 Å². The highest BCUT2D eigenvalue weighted by atomic mass is 15.0. The molecular formula is C16H33N. The summed E-state index contributed by atoms with van der Waals surface area (Å²) in [6.45, 7) is 16.5. The summed E-state index contributed by atoms with van der Waals surface area (Å²) in [6, 6.07) is 1.36. The summed E-state index contributed by atoms with van der Waals surface area (Å²) in [5.74, 6) is 0.922. The summed E-state index contributed by atoms with van der Waals surface area (Å²) in [6.07, 6.45) is 5.53. The van der Waals surface area contributed by atoms with Gasteiger partial charge in [-0.2, -0.15) is 0 Å². The lowest BCUT2D eigenvalue weighted by atomic mass is 9.71. The van der Waals surface area contributed by atoms with Crippen LogP contribution >= 0.6 is 0 Å². The fraction of sp³-hybridized carbons (Fsp3) is 1.00. The lowest BCUT2D eigenvalue weighted by molar-refractivity contribution is 0.146. The maximum Gasteiger partial charge on any atom is 0.00898 e. The zero-order valence-electron chi connectivity index (χ0n) is 13.1. The van der Waals surface area contributed by atoms with E-state index in [1.165, 1.54) is 25.7 Å². The van der Waals surface area contributed by atoms with E-state index in [4.69, 9.17) is 0 Å². The molecule has 1 atom stereocenters. The molecule has 1 N–H and O–H groups in total. The molecule has 1 nitrogen and oxygen atoms in total. The molecule has 0 aromatic heterocycles. The van der Waals surface area contributed by atoms with Gasteiger partial charge in [-0.3, -0.25) is 0 Å². The van der Waals surface area contributed by atoms with E-state index in [0.29, 0.717) is 16.9 Å². The third-order valence-corrected chi connectivity index (χ3v) is 4.74. The van der Waals surface area contributed by atoms with Crippen LogP contribution in [0.1, 0.15) is 74.1 Å². The first-order valence-electron chi connectivity index (χ1n) is 7.37. The molecule has 0 saturated heterocycles. The van der Waals surface area contributed by atoms with Crippen LogP contribution in [0.5, 0.6) is 0 Å². The van der Waals surface area contributed by atoms with Gasteiger partial charge in [0, 0.05) is 12.1 Å². The number of rotatable bonds is 2. The maximum absolute atomic E-state index is 3.83. The largest absolute Gasteiger partial charge is 0.311 e. The summed E-state index contributed by atoms with van der Waals surface area (Å²) in [5, 5.41) is 3.83. The molecular weight excluding hydrogens is 206 g/mol. The van der Waals surface area contributed by atoms with E-state index < -0.39 is 0 Å². The molecule has 0 heterocycles. The van der Waals surface area contributed by atoms with Crippen molar-refractivity contribution in [3.05, 3.63) is 0 Å². The topological polar surface area (TPSA) is 12.0 Å². The molecule has 1 unspecified atom stereocenters. The van der Waals surface area contributed by atoms with Crippen LogP contribution in [0, 0.1) is 16.7 Å². The Kier molecular flexibility index (Phi) is 4.68. The standard InChI is InChI=1S/C16H33N/c1-12(15(2,3)4)17-14-10-8-13(9-11-14)16(5,6)7/h12-14,17H,8-11H2,1-7H3. The fourth-order valence-electron chi connectivity index (χ4n) is 2.73. The lowest BCUT2D eigenvalue weighted by Gasteiger charge is -2.40. The van der Waals surface area contributed by atoms with Gasteiger partial charge in [-0.1, -0.05) is 41.5 Å². The van der Waals surface area contributed by atoms with Crippen LogP contribution in [0.25, 0.3) is 0 Å². The van der Waals surface area contributed by atoms with Crippen LogP contribution in [0.3, 0.4) is 0 Å². The third kappa shape index (κ3) is 4.62. The Hall–Kier alpha value is -0.0400. The Balaban J connectivity index is 2.38. The van der Waals surface area contributed by atoms with Crippen molar-refractivity contribution >= 4 is 0 Å². The average Bonchev–Trinajstić information content (AvgIpc) is 2.15. The van der Waals surface area contributed by atoms with Crippen molar-refractivity contribution in [1.82, 2.24) is 5.32 Å². The highest BCUT2D eigenvalue weighted by Crippen LogP contribution is 2.38. The molecule has 0 aliphatic heterocycles. The first kappa shape index (κ1) is 15.0. The molecule has 0 spiro atoms. The predicted octanol–water partition coefficient (Wildman–Crippen LogP) is 4.62. The first-order chi connectivity index (χ1) is 7.60. The zero-order chi connectivity index (χ0) is 13.3. The number of hydrogen-bond acceptors (Lipinski definition) is 1. The van der Waals surface area contributed by atoms with Gasteiger partial charge in [0.2, 0.25) is 0 Å². The van der Waals surface area contributed by atoms with Gasteiger partial charge in [0.1, 0.15) is 0 Å². The Bertz CT molecular complexity index is 223. The second-order valence-electron chi connectivity index (χ2n) is 8.17. The van der Waals surface area contributed by atoms with E-state index in [-0.39, 0.29) is 0 Å². The molecule has 1 rings (SSSR count). The summed E-state index contributed by atoms with van der Waals surface area (Å²) < 4.78 is 0. The Labute approximate surface area is 109 Å². The fourth-order valence-corrected chi connectivity index (χ4v) is 2.73. The highest BCUT2D eigenvalue weighted by molar-refractivity contribution is 4.86. The SMILES string of the molecule is CC(NC1CCC(C(C)(C)C)CC1)C(C)(C)C. The van der Waals surface area contributed by atoms with E-state index in [1.807, 2.05) is 0 Å². The van der Waals surface area contributed by atoms with Crippen molar-refractivity contribution in [2.24, 2.45) is 16.7 Å². The normalized spacial score (nSPS) is 29.1. The van der Waals surface area contributed by atoms with Crippen molar-refractivity contribution in [2.45, 2.75) is 86.2 Å². The minimum atomic E-state index is 0.376. The van der Waals surface area contributed by atoms with Gasteiger partial charge in [-0.15, -0.1) is 0 Å². The van der Waals surface area contributed by atoms with Crippen LogP contribution in [0.15, 0.2) is 0 Å². The monoisotopic (exact) mass is 239 g/mol. The van der Waals surface area contributed by atoms with Crippen molar-refractivity contribution in [3.63, 3.8) is 0 Å². The molecule has 1 fully saturated rings. The molecule has 1 heteroatoms. The molecule has 0 bridgehead atoms. The molecule has 17 heavy (non-hydrogen) atoms. The summed E-state index contributed by atoms with van der Waals surface area (Å²) in [4.78, 5) is 0. The van der Waals surface area contributed by atoms with Crippen LogP contribution in [0.4, 0.5) is 0 Å². The Morgan fingerprint density at radius 1 is 0.882 bits per heavy atom. The summed E-state index contributed by atoms with van der Waals surface area (Å²) >= 11 is 0. The third-order valence-electron chi connectivity index (χ3n) is 4.74. The van der Waals surface area contributed by atoms with E-state index >= 15 is 0 Å². The minimum absolute atomic E-state index is 0.376. The van der Waals surface area contributed by atoms with Gasteiger partial charge < -0.3 is 5.32 Å². The maximum atomic E-state index is 3.83. The summed E-state index contributed by atoms with van der Waals surface area (Å²) in [7, 11) is 0. The second kappa shape index (κ2) is 5.30. The zero-order valence-corrected chi connectivity index (χ0v) is 13.1. The molecule has 0 aromatic rings. The van der Waals surface area contributed by atoms with Gasteiger partial charge >= 0.3 is 0 Å². The number of nitrogens with one attached hydrogen (secondary N) is 1. The van der Waals surface area contributed by atoms with Crippen LogP contribution in [0.2, 0.25) is 0 Å². The van der Waals surface area contributed by atoms with Crippen LogP contribution in [-0.4, -0.2) is 12.1 Å². The number of hydrogen-bond donors (Lipinski definition) is 1. The van der Waals surface area contributed by atoms with Crippen molar-refractivity contribution in [3.8, 4) is 0 Å². The molecule has 0 amide bonds. The van der Waals surface area contributed by atoms with Gasteiger partial charge in [-0.05, 0) is 49.4 Å². The molecule has 1 aliphatic rings. The molecule has 1 saturated carbocycles. The Morgan fingerprint density at radius 3 is 1.71 bits per heavy atom. The van der Waals surface area contributed by atoms with Gasteiger partial charge in [0.05, 0.1) is 0 Å². The molecule has 0 radical (unpaired) electrons. The van der Waals surface area contributed by atoms with Gasteiger partial charge in [-0.25, -0.2) is 0 Å². The van der Waals surface area contributed by atoms with Crippen molar-refractivity contribution in [2.75, 3.05) is 0 Å². The highest BCUT2D eigenvalue weighted by Gasteiger charge is 2.31. The first-order valence-corrected chi connectivity index (χ1v) is 7.37. The van der Waals surface area contributed by atoms with E-state index in [0.717, 1.165) is 12.0 Å². The molecule has 1 aliphatic carbocycles. The molecule has 0 aromatic carbocycles. The smallest absolute Gasteiger partial charge is 0.00898 e. The minimum Gasteiger partial charge on any atom is -0.311 e. The average molecular weight is 239 g/mol. The molecule has 102 valence electrons. The Morgan fingerprint density at radius 2 is 1.35 bits per heavy atom. The van der Waals surface area contributed by atoms with E-state index in [1.54, 1.807) is 0 Å². The van der Waals surface area contributed by atoms with E-state index in [9.17, 15) is 0 Å². The predicted molar refractivity (Wildman–Crippen MR) is 77.3 cm³/mol. The second-order valence-corrected chi connectivity index (χ2v) is 8.17. The van der Waals surface area contributed by atoms with Gasteiger partial charge in [0.25, 0.3) is 0 Å². The van der Waals surface area contributed by atoms with Crippen LogP contribution in [-0.2, 0) is 0 Å². The van der Waals surface area contributed by atoms with Crippen LogP contribution < -0.4 is 5.32 Å². The van der Waals surface area contributed by atoms with E-state index in [2.05, 4.69) is 53.8 Å².